The Hall–Kier alpha value is -2.26. The molecule has 0 bridgehead atoms. The maximum Gasteiger partial charge on any atom is 0.243 e. The molecule has 2 aromatic carbocycles. The van der Waals surface area contributed by atoms with Crippen LogP contribution in [0.25, 0.3) is 11.0 Å². The van der Waals surface area contributed by atoms with Crippen LogP contribution in [0, 0.1) is 0 Å². The zero-order chi connectivity index (χ0) is 23.0. The molecule has 0 spiro atoms. The number of aromatic nitrogens is 2. The molecule has 176 valence electrons. The van der Waals surface area contributed by atoms with Gasteiger partial charge in [-0.15, -0.1) is 0 Å². The number of morpholine rings is 1. The van der Waals surface area contributed by atoms with Gasteiger partial charge in [-0.05, 0) is 62.6 Å². The Balaban J connectivity index is 1.44. The van der Waals surface area contributed by atoms with Crippen LogP contribution >= 0.6 is 0 Å². The Morgan fingerprint density at radius 2 is 1.94 bits per heavy atom. The summed E-state index contributed by atoms with van der Waals surface area (Å²) in [6.45, 7) is 5.27. The Morgan fingerprint density at radius 3 is 2.73 bits per heavy atom. The highest BCUT2D eigenvalue weighted by molar-refractivity contribution is 7.89. The van der Waals surface area contributed by atoms with Gasteiger partial charge in [0.15, 0.2) is 0 Å². The summed E-state index contributed by atoms with van der Waals surface area (Å²) < 4.78 is 35.3. The molecule has 1 aliphatic heterocycles. The molecule has 33 heavy (non-hydrogen) atoms. The van der Waals surface area contributed by atoms with Crippen LogP contribution in [0.5, 0.6) is 0 Å². The molecule has 1 atom stereocenters. The molecule has 2 heterocycles. The molecular formula is C25H32N4O3S. The molecule has 7 nitrogen and oxygen atoms in total. The van der Waals surface area contributed by atoms with Gasteiger partial charge in [-0.1, -0.05) is 24.3 Å². The standard InChI is InChI=1S/C25H32N4O3S/c1-3-29-24-12-11-20(33(30,31)28-13-15-32-16-14-28)17-22(24)26-25(29)18-27(2)23-10-6-8-19-7-4-5-9-21(19)23/h4-5,7,9,11-12,17,23H,3,6,8,10,13-16,18H2,1-2H3. The van der Waals surface area contributed by atoms with E-state index < -0.39 is 10.0 Å². The highest BCUT2D eigenvalue weighted by Gasteiger charge is 2.28. The van der Waals surface area contributed by atoms with Crippen LogP contribution in [0.1, 0.15) is 42.8 Å². The molecule has 8 heteroatoms. The number of ether oxygens (including phenoxy) is 1. The van der Waals surface area contributed by atoms with Crippen LogP contribution in [-0.2, 0) is 34.3 Å². The molecule has 2 aliphatic rings. The van der Waals surface area contributed by atoms with E-state index >= 15 is 0 Å². The summed E-state index contributed by atoms with van der Waals surface area (Å²) >= 11 is 0. The average molecular weight is 469 g/mol. The van der Waals surface area contributed by atoms with E-state index in [0.29, 0.717) is 43.8 Å². The first-order valence-electron chi connectivity index (χ1n) is 11.8. The fraction of sp³-hybridized carbons (Fsp3) is 0.480. The van der Waals surface area contributed by atoms with Gasteiger partial charge in [0, 0.05) is 25.7 Å². The SMILES string of the molecule is CCn1c(CN(C)C2CCCc3ccccc32)nc2cc(S(=O)(=O)N3CCOCC3)ccc21. The lowest BCUT2D eigenvalue weighted by molar-refractivity contribution is 0.0730. The Labute approximate surface area is 196 Å². The second-order valence-electron chi connectivity index (χ2n) is 8.96. The Kier molecular flexibility index (Phi) is 6.26. The van der Waals surface area contributed by atoms with Crippen LogP contribution in [0.15, 0.2) is 47.4 Å². The van der Waals surface area contributed by atoms with Crippen molar-refractivity contribution in [2.75, 3.05) is 33.4 Å². The van der Waals surface area contributed by atoms with Crippen LogP contribution in [-0.4, -0.2) is 60.5 Å². The maximum absolute atomic E-state index is 13.1. The number of nitrogens with zero attached hydrogens (tertiary/aromatic N) is 4. The smallest absolute Gasteiger partial charge is 0.243 e. The van der Waals surface area contributed by atoms with Crippen molar-refractivity contribution in [2.45, 2.75) is 50.2 Å². The zero-order valence-corrected chi connectivity index (χ0v) is 20.2. The maximum atomic E-state index is 13.1. The lowest BCUT2D eigenvalue weighted by Crippen LogP contribution is -2.40. The van der Waals surface area contributed by atoms with E-state index in [4.69, 9.17) is 9.72 Å². The molecule has 1 unspecified atom stereocenters. The number of rotatable bonds is 6. The number of fused-ring (bicyclic) bond motifs is 2. The number of benzene rings is 2. The third kappa shape index (κ3) is 4.21. The van der Waals surface area contributed by atoms with E-state index in [1.54, 1.807) is 12.1 Å². The normalized spacial score (nSPS) is 19.8. The molecule has 1 saturated heterocycles. The van der Waals surface area contributed by atoms with Crippen molar-refractivity contribution in [3.8, 4) is 0 Å². The predicted molar refractivity (Wildman–Crippen MR) is 129 cm³/mol. The van der Waals surface area contributed by atoms with Crippen molar-refractivity contribution in [3.63, 3.8) is 0 Å². The largest absolute Gasteiger partial charge is 0.379 e. The molecular weight excluding hydrogens is 436 g/mol. The summed E-state index contributed by atoms with van der Waals surface area (Å²) in [5.41, 5.74) is 4.58. The van der Waals surface area contributed by atoms with Crippen LogP contribution in [0.2, 0.25) is 0 Å². The fourth-order valence-electron chi connectivity index (χ4n) is 5.25. The summed E-state index contributed by atoms with van der Waals surface area (Å²) in [7, 11) is -1.38. The molecule has 3 aromatic rings. The molecule has 1 aliphatic carbocycles. The van der Waals surface area contributed by atoms with Gasteiger partial charge in [0.25, 0.3) is 0 Å². The minimum atomic E-state index is -3.54. The first-order valence-corrected chi connectivity index (χ1v) is 13.3. The van der Waals surface area contributed by atoms with Crippen molar-refractivity contribution >= 4 is 21.1 Å². The van der Waals surface area contributed by atoms with Gasteiger partial charge >= 0.3 is 0 Å². The van der Waals surface area contributed by atoms with E-state index in [-0.39, 0.29) is 0 Å². The van der Waals surface area contributed by atoms with Crippen molar-refractivity contribution < 1.29 is 13.2 Å². The van der Waals surface area contributed by atoms with Gasteiger partial charge in [-0.2, -0.15) is 4.31 Å². The summed E-state index contributed by atoms with van der Waals surface area (Å²) in [4.78, 5) is 7.60. The number of sulfonamides is 1. The van der Waals surface area contributed by atoms with Crippen molar-refractivity contribution in [1.82, 2.24) is 18.8 Å². The fourth-order valence-corrected chi connectivity index (χ4v) is 6.68. The molecule has 1 aromatic heterocycles. The van der Waals surface area contributed by atoms with E-state index in [1.807, 2.05) is 6.07 Å². The highest BCUT2D eigenvalue weighted by atomic mass is 32.2. The van der Waals surface area contributed by atoms with Crippen molar-refractivity contribution in [1.29, 1.82) is 0 Å². The number of hydrogen-bond donors (Lipinski definition) is 0. The van der Waals surface area contributed by atoms with Gasteiger partial charge in [-0.3, -0.25) is 4.90 Å². The van der Waals surface area contributed by atoms with Gasteiger partial charge in [0.1, 0.15) is 5.82 Å². The van der Waals surface area contributed by atoms with Crippen molar-refractivity contribution in [3.05, 3.63) is 59.4 Å². The first kappa shape index (κ1) is 22.5. The predicted octanol–water partition coefficient (Wildman–Crippen LogP) is 3.59. The summed E-state index contributed by atoms with van der Waals surface area (Å²) in [6, 6.07) is 14.5. The zero-order valence-electron chi connectivity index (χ0n) is 19.4. The second kappa shape index (κ2) is 9.18. The van der Waals surface area contributed by atoms with E-state index in [2.05, 4.69) is 47.7 Å². The Bertz CT molecular complexity index is 1250. The average Bonchev–Trinajstić information content (AvgIpc) is 3.20. The third-order valence-corrected chi connectivity index (χ3v) is 8.88. The summed E-state index contributed by atoms with van der Waals surface area (Å²) in [5, 5.41) is 0. The molecule has 0 saturated carbocycles. The molecule has 1 fully saturated rings. The summed E-state index contributed by atoms with van der Waals surface area (Å²) in [6.07, 6.45) is 3.48. The quantitative estimate of drug-likeness (QED) is 0.553. The molecule has 0 radical (unpaired) electrons. The lowest BCUT2D eigenvalue weighted by atomic mass is 9.87. The number of hydrogen-bond acceptors (Lipinski definition) is 5. The first-order chi connectivity index (χ1) is 16.0. The molecule has 0 N–H and O–H groups in total. The Morgan fingerprint density at radius 1 is 1.15 bits per heavy atom. The molecule has 5 rings (SSSR count). The minimum Gasteiger partial charge on any atom is -0.379 e. The number of imidazole rings is 1. The second-order valence-corrected chi connectivity index (χ2v) is 10.9. The topological polar surface area (TPSA) is 67.7 Å². The van der Waals surface area contributed by atoms with Crippen LogP contribution in [0.3, 0.4) is 0 Å². The van der Waals surface area contributed by atoms with Gasteiger partial charge in [-0.25, -0.2) is 13.4 Å². The van der Waals surface area contributed by atoms with E-state index in [0.717, 1.165) is 36.2 Å². The summed E-state index contributed by atoms with van der Waals surface area (Å²) in [5.74, 6) is 0.971. The minimum absolute atomic E-state index is 0.304. The van der Waals surface area contributed by atoms with Crippen LogP contribution in [0.4, 0.5) is 0 Å². The number of aryl methyl sites for hydroxylation is 2. The third-order valence-electron chi connectivity index (χ3n) is 6.98. The van der Waals surface area contributed by atoms with Gasteiger partial charge in [0.2, 0.25) is 10.0 Å². The van der Waals surface area contributed by atoms with Crippen molar-refractivity contribution in [2.24, 2.45) is 0 Å². The highest BCUT2D eigenvalue weighted by Crippen LogP contribution is 2.34. The van der Waals surface area contributed by atoms with Gasteiger partial charge in [0.05, 0.1) is 35.7 Å². The monoisotopic (exact) mass is 468 g/mol. The molecule has 0 amide bonds. The van der Waals surface area contributed by atoms with Gasteiger partial charge < -0.3 is 9.30 Å². The van der Waals surface area contributed by atoms with E-state index in [1.165, 1.54) is 21.9 Å². The van der Waals surface area contributed by atoms with Crippen LogP contribution < -0.4 is 0 Å². The van der Waals surface area contributed by atoms with E-state index in [9.17, 15) is 8.42 Å². The lowest BCUT2D eigenvalue weighted by Gasteiger charge is -2.33.